The quantitative estimate of drug-likeness (QED) is 0.866. The molecule has 1 heterocycles. The molecule has 0 aromatic heterocycles. The number of benzene rings is 2. The van der Waals surface area contributed by atoms with E-state index in [1.165, 1.54) is 24.3 Å². The summed E-state index contributed by atoms with van der Waals surface area (Å²) in [6.45, 7) is 1.85. The van der Waals surface area contributed by atoms with Crippen LogP contribution in [0.5, 0.6) is 0 Å². The Bertz CT molecular complexity index is 957. The predicted molar refractivity (Wildman–Crippen MR) is 99.5 cm³/mol. The first-order chi connectivity index (χ1) is 12.3. The van der Waals surface area contributed by atoms with E-state index in [1.807, 2.05) is 12.1 Å². The van der Waals surface area contributed by atoms with Crippen molar-refractivity contribution in [1.29, 1.82) is 0 Å². The van der Waals surface area contributed by atoms with E-state index < -0.39 is 21.8 Å². The number of carbonyl (C=O) groups excluding carboxylic acids is 2. The number of carbonyl (C=O) groups is 2. The zero-order chi connectivity index (χ0) is 18.9. The highest BCUT2D eigenvalue weighted by molar-refractivity contribution is 7.94. The van der Waals surface area contributed by atoms with Crippen molar-refractivity contribution in [1.82, 2.24) is 5.32 Å². The Hall–Kier alpha value is -2.38. The van der Waals surface area contributed by atoms with Gasteiger partial charge in [-0.05, 0) is 35.9 Å². The van der Waals surface area contributed by atoms with Crippen LogP contribution in [-0.2, 0) is 21.4 Å². The van der Waals surface area contributed by atoms with E-state index in [4.69, 9.17) is 11.6 Å². The molecule has 26 heavy (non-hydrogen) atoms. The Morgan fingerprint density at radius 2 is 1.85 bits per heavy atom. The number of sulfonamides is 1. The van der Waals surface area contributed by atoms with Crippen LogP contribution in [0.2, 0.25) is 5.02 Å². The molecule has 0 aliphatic carbocycles. The lowest BCUT2D eigenvalue weighted by molar-refractivity contribution is -0.119. The lowest BCUT2D eigenvalue weighted by Gasteiger charge is -2.15. The molecule has 1 aliphatic rings. The number of nitrogens with one attached hydrogen (secondary N) is 1. The summed E-state index contributed by atoms with van der Waals surface area (Å²) in [5.41, 5.74) is 1.39. The normalized spacial score (nSPS) is 18.8. The maximum Gasteiger partial charge on any atom is 0.251 e. The van der Waals surface area contributed by atoms with Gasteiger partial charge in [-0.2, -0.15) is 0 Å². The van der Waals surface area contributed by atoms with Gasteiger partial charge in [-0.15, -0.1) is 0 Å². The average molecular weight is 393 g/mol. The number of nitrogens with zero attached hydrogens (tertiary/aromatic N) is 1. The number of anilines is 1. The molecule has 0 unspecified atom stereocenters. The third-order valence-electron chi connectivity index (χ3n) is 4.12. The molecule has 2 aromatic carbocycles. The van der Waals surface area contributed by atoms with Crippen LogP contribution in [0, 0.1) is 5.92 Å². The Kier molecular flexibility index (Phi) is 5.02. The lowest BCUT2D eigenvalue weighted by Crippen LogP contribution is -2.30. The van der Waals surface area contributed by atoms with Crippen molar-refractivity contribution in [2.45, 2.75) is 13.5 Å². The summed E-state index contributed by atoms with van der Waals surface area (Å²) in [5.74, 6) is -1.55. The highest BCUT2D eigenvalue weighted by Gasteiger charge is 2.41. The third kappa shape index (κ3) is 3.59. The summed E-state index contributed by atoms with van der Waals surface area (Å²) in [7, 11) is -3.65. The molecule has 6 nitrogen and oxygen atoms in total. The SMILES string of the molecule is C[C@@H]1CS(=O)(=O)N(c2ccc(C(=O)NCc3ccccc3Cl)cc2)C1=O. The van der Waals surface area contributed by atoms with Gasteiger partial charge in [-0.25, -0.2) is 12.7 Å². The highest BCUT2D eigenvalue weighted by atomic mass is 35.5. The van der Waals surface area contributed by atoms with Crippen molar-refractivity contribution in [3.63, 3.8) is 0 Å². The maximum atomic E-state index is 12.3. The minimum absolute atomic E-state index is 0.202. The fourth-order valence-corrected chi connectivity index (χ4v) is 4.78. The number of hydrogen-bond donors (Lipinski definition) is 1. The van der Waals surface area contributed by atoms with E-state index in [0.29, 0.717) is 10.6 Å². The Morgan fingerprint density at radius 3 is 2.42 bits per heavy atom. The van der Waals surface area contributed by atoms with E-state index in [-0.39, 0.29) is 23.9 Å². The van der Waals surface area contributed by atoms with E-state index in [9.17, 15) is 18.0 Å². The van der Waals surface area contributed by atoms with Crippen LogP contribution in [0.25, 0.3) is 0 Å². The second-order valence-electron chi connectivity index (χ2n) is 6.10. The summed E-state index contributed by atoms with van der Waals surface area (Å²) >= 11 is 6.05. The minimum Gasteiger partial charge on any atom is -0.348 e. The highest BCUT2D eigenvalue weighted by Crippen LogP contribution is 2.28. The first-order valence-corrected chi connectivity index (χ1v) is 9.97. The van der Waals surface area contributed by atoms with Crippen LogP contribution in [-0.4, -0.2) is 26.0 Å². The van der Waals surface area contributed by atoms with Gasteiger partial charge < -0.3 is 5.32 Å². The molecule has 1 atom stereocenters. The summed E-state index contributed by atoms with van der Waals surface area (Å²) in [6, 6.07) is 13.1. The van der Waals surface area contributed by atoms with Crippen LogP contribution in [0.4, 0.5) is 5.69 Å². The molecule has 0 bridgehead atoms. The fourth-order valence-electron chi connectivity index (χ4n) is 2.75. The fraction of sp³-hybridized carbons (Fsp3) is 0.222. The van der Waals surface area contributed by atoms with Crippen LogP contribution in [0.15, 0.2) is 48.5 Å². The van der Waals surface area contributed by atoms with Gasteiger partial charge in [-0.1, -0.05) is 36.7 Å². The van der Waals surface area contributed by atoms with Crippen molar-refractivity contribution >= 4 is 39.1 Å². The molecule has 1 fully saturated rings. The second-order valence-corrected chi connectivity index (χ2v) is 8.37. The molecule has 1 saturated heterocycles. The average Bonchev–Trinajstić information content (AvgIpc) is 2.81. The van der Waals surface area contributed by atoms with E-state index in [1.54, 1.807) is 19.1 Å². The zero-order valence-electron chi connectivity index (χ0n) is 14.0. The number of rotatable bonds is 4. The first-order valence-electron chi connectivity index (χ1n) is 7.98. The van der Waals surface area contributed by atoms with Gasteiger partial charge in [0.25, 0.3) is 5.91 Å². The Balaban J connectivity index is 1.72. The summed E-state index contributed by atoms with van der Waals surface area (Å²) in [6.07, 6.45) is 0. The number of hydrogen-bond acceptors (Lipinski definition) is 4. The molecule has 0 radical (unpaired) electrons. The molecule has 1 aliphatic heterocycles. The molecule has 0 saturated carbocycles. The van der Waals surface area contributed by atoms with Crippen molar-refractivity contribution in [2.75, 3.05) is 10.1 Å². The maximum absolute atomic E-state index is 12.3. The van der Waals surface area contributed by atoms with Gasteiger partial charge in [0, 0.05) is 17.1 Å². The summed E-state index contributed by atoms with van der Waals surface area (Å²) in [5, 5.41) is 3.32. The number of amides is 2. The van der Waals surface area contributed by atoms with Gasteiger partial charge in [0.05, 0.1) is 17.4 Å². The lowest BCUT2D eigenvalue weighted by atomic mass is 10.1. The Labute approximate surface area is 156 Å². The second kappa shape index (κ2) is 7.09. The van der Waals surface area contributed by atoms with Crippen LogP contribution >= 0.6 is 11.6 Å². The van der Waals surface area contributed by atoms with Gasteiger partial charge in [-0.3, -0.25) is 9.59 Å². The molecule has 3 rings (SSSR count). The molecule has 8 heteroatoms. The molecule has 1 N–H and O–H groups in total. The summed E-state index contributed by atoms with van der Waals surface area (Å²) < 4.78 is 25.0. The van der Waals surface area contributed by atoms with E-state index in [0.717, 1.165) is 9.87 Å². The molecule has 2 amide bonds. The topological polar surface area (TPSA) is 83.6 Å². The van der Waals surface area contributed by atoms with E-state index in [2.05, 4.69) is 5.32 Å². The smallest absolute Gasteiger partial charge is 0.251 e. The monoisotopic (exact) mass is 392 g/mol. The molecule has 0 spiro atoms. The third-order valence-corrected chi connectivity index (χ3v) is 6.36. The van der Waals surface area contributed by atoms with E-state index >= 15 is 0 Å². The van der Waals surface area contributed by atoms with Crippen molar-refractivity contribution in [3.05, 3.63) is 64.7 Å². The van der Waals surface area contributed by atoms with Crippen molar-refractivity contribution < 1.29 is 18.0 Å². The van der Waals surface area contributed by atoms with Crippen molar-refractivity contribution in [3.8, 4) is 0 Å². The largest absolute Gasteiger partial charge is 0.348 e. The zero-order valence-corrected chi connectivity index (χ0v) is 15.5. The van der Waals surface area contributed by atoms with Crippen LogP contribution in [0.3, 0.4) is 0 Å². The Morgan fingerprint density at radius 1 is 1.19 bits per heavy atom. The van der Waals surface area contributed by atoms with Crippen molar-refractivity contribution in [2.24, 2.45) is 5.92 Å². The van der Waals surface area contributed by atoms with Gasteiger partial charge in [0.2, 0.25) is 15.9 Å². The standard InChI is InChI=1S/C18H17ClN2O4S/c1-12-11-26(24,25)21(18(12)23)15-8-6-13(7-9-15)17(22)20-10-14-4-2-3-5-16(14)19/h2-9,12H,10-11H2,1H3,(H,20,22)/t12-/m1/s1. The van der Waals surface area contributed by atoms with Gasteiger partial charge in [0.1, 0.15) is 0 Å². The minimum atomic E-state index is -3.65. The predicted octanol–water partition coefficient (Wildman–Crippen LogP) is 2.58. The first kappa shape index (κ1) is 18.4. The van der Waals surface area contributed by atoms with Gasteiger partial charge in [0.15, 0.2) is 0 Å². The van der Waals surface area contributed by atoms with Crippen LogP contribution < -0.4 is 9.62 Å². The summed E-state index contributed by atoms with van der Waals surface area (Å²) in [4.78, 5) is 24.3. The molecule has 136 valence electrons. The van der Waals surface area contributed by atoms with Crippen LogP contribution in [0.1, 0.15) is 22.8 Å². The molecular weight excluding hydrogens is 376 g/mol. The van der Waals surface area contributed by atoms with Gasteiger partial charge >= 0.3 is 0 Å². The molecule has 2 aromatic rings. The molecular formula is C18H17ClN2O4S. The number of halogens is 1.